The summed E-state index contributed by atoms with van der Waals surface area (Å²) in [4.78, 5) is 4.27. The zero-order valence-electron chi connectivity index (χ0n) is 18.5. The van der Waals surface area contributed by atoms with Crippen molar-refractivity contribution in [3.8, 4) is 11.5 Å². The minimum absolute atomic E-state index is 0.0876. The molecule has 6 nitrogen and oxygen atoms in total. The first-order chi connectivity index (χ1) is 16.3. The maximum atomic E-state index is 14.3. The van der Waals surface area contributed by atoms with Gasteiger partial charge in [0.05, 0.1) is 15.9 Å². The van der Waals surface area contributed by atoms with Gasteiger partial charge in [0.2, 0.25) is 5.60 Å². The van der Waals surface area contributed by atoms with Crippen molar-refractivity contribution in [2.45, 2.75) is 30.1 Å². The Kier molecular flexibility index (Phi) is 6.33. The van der Waals surface area contributed by atoms with Crippen molar-refractivity contribution < 1.29 is 31.4 Å². The van der Waals surface area contributed by atoms with Crippen LogP contribution in [0.25, 0.3) is 11.0 Å². The first-order valence-corrected chi connectivity index (χ1v) is 12.7. The Labute approximate surface area is 204 Å². The molecule has 0 radical (unpaired) electrons. The van der Waals surface area contributed by atoms with Gasteiger partial charge in [0.1, 0.15) is 11.5 Å². The Hall–Kier alpha value is -3.08. The second-order valence-corrected chi connectivity index (χ2v) is 10.3. The Morgan fingerprint density at radius 2 is 1.60 bits per heavy atom. The largest absolute Gasteiger partial charge is 0.457 e. The molecule has 0 spiro atoms. The highest BCUT2D eigenvalue weighted by Crippen LogP contribution is 2.45. The highest BCUT2D eigenvalue weighted by atomic mass is 35.5. The zero-order valence-corrected chi connectivity index (χ0v) is 20.1. The van der Waals surface area contributed by atoms with Crippen molar-refractivity contribution in [1.82, 2.24) is 9.55 Å². The molecular weight excluding hydrogens is 505 g/mol. The number of ether oxygens (including phenoxy) is 1. The minimum atomic E-state index is -5.07. The molecule has 184 valence electrons. The number of aromatic nitrogens is 2. The number of aliphatic hydroxyl groups is 1. The summed E-state index contributed by atoms with van der Waals surface area (Å²) in [6, 6.07) is 15.0. The number of benzene rings is 3. The molecule has 0 saturated carbocycles. The van der Waals surface area contributed by atoms with E-state index < -0.39 is 33.0 Å². The van der Waals surface area contributed by atoms with Crippen LogP contribution in [0.5, 0.6) is 11.5 Å². The second-order valence-electron chi connectivity index (χ2n) is 7.89. The fourth-order valence-corrected chi connectivity index (χ4v) is 4.52. The van der Waals surface area contributed by atoms with Crippen LogP contribution in [0.2, 0.25) is 5.02 Å². The van der Waals surface area contributed by atoms with Crippen molar-refractivity contribution >= 4 is 32.5 Å². The van der Waals surface area contributed by atoms with Gasteiger partial charge in [-0.3, -0.25) is 0 Å². The summed E-state index contributed by atoms with van der Waals surface area (Å²) >= 11 is 5.83. The van der Waals surface area contributed by atoms with E-state index in [4.69, 9.17) is 16.3 Å². The molecule has 4 aromatic rings. The number of fused-ring (bicyclic) bond motifs is 1. The lowest BCUT2D eigenvalue weighted by Gasteiger charge is -2.30. The van der Waals surface area contributed by atoms with E-state index in [0.29, 0.717) is 17.0 Å². The summed E-state index contributed by atoms with van der Waals surface area (Å²) < 4.78 is 73.2. The molecule has 0 amide bonds. The van der Waals surface area contributed by atoms with E-state index in [1.807, 2.05) is 0 Å². The Morgan fingerprint density at radius 1 is 1.00 bits per heavy atom. The average molecular weight is 525 g/mol. The SMILES string of the molecule is CCn1c(C(O)(c2ccc(Cl)cc2)C(F)(F)F)nc2ccc(Oc3ccc(S(C)(=O)=O)cc3)cc21. The molecule has 1 aromatic heterocycles. The zero-order chi connectivity index (χ0) is 25.6. The van der Waals surface area contributed by atoms with Gasteiger partial charge in [0.25, 0.3) is 0 Å². The molecule has 11 heteroatoms. The van der Waals surface area contributed by atoms with Crippen LogP contribution in [-0.4, -0.2) is 35.5 Å². The predicted molar refractivity (Wildman–Crippen MR) is 126 cm³/mol. The van der Waals surface area contributed by atoms with Gasteiger partial charge in [-0.25, -0.2) is 13.4 Å². The normalized spacial score (nSPS) is 14.1. The summed E-state index contributed by atoms with van der Waals surface area (Å²) in [7, 11) is -3.37. The first kappa shape index (κ1) is 25.0. The summed E-state index contributed by atoms with van der Waals surface area (Å²) in [5, 5.41) is 11.3. The van der Waals surface area contributed by atoms with E-state index in [2.05, 4.69) is 4.98 Å². The highest BCUT2D eigenvalue weighted by Gasteiger charge is 2.59. The number of halogens is 4. The van der Waals surface area contributed by atoms with Gasteiger partial charge >= 0.3 is 6.18 Å². The number of aryl methyl sites for hydroxylation is 1. The quantitative estimate of drug-likeness (QED) is 0.350. The van der Waals surface area contributed by atoms with Crippen molar-refractivity contribution in [2.75, 3.05) is 6.26 Å². The first-order valence-electron chi connectivity index (χ1n) is 10.4. The number of imidazole rings is 1. The van der Waals surface area contributed by atoms with Crippen molar-refractivity contribution in [1.29, 1.82) is 0 Å². The maximum absolute atomic E-state index is 14.3. The highest BCUT2D eigenvalue weighted by molar-refractivity contribution is 7.90. The maximum Gasteiger partial charge on any atom is 0.428 e. The second kappa shape index (κ2) is 8.85. The van der Waals surface area contributed by atoms with Gasteiger partial charge in [-0.05, 0) is 55.5 Å². The van der Waals surface area contributed by atoms with Crippen LogP contribution >= 0.6 is 11.6 Å². The summed E-state index contributed by atoms with van der Waals surface area (Å²) in [6.45, 7) is 1.73. The fourth-order valence-electron chi connectivity index (χ4n) is 3.76. The van der Waals surface area contributed by atoms with Crippen LogP contribution < -0.4 is 4.74 Å². The van der Waals surface area contributed by atoms with Gasteiger partial charge in [-0.2, -0.15) is 13.2 Å². The molecular formula is C24H20ClF3N2O4S. The molecule has 0 aliphatic heterocycles. The van der Waals surface area contributed by atoms with Crippen LogP contribution in [0.15, 0.2) is 71.6 Å². The van der Waals surface area contributed by atoms with Gasteiger partial charge in [-0.1, -0.05) is 23.7 Å². The van der Waals surface area contributed by atoms with Crippen molar-refractivity contribution in [3.05, 3.63) is 83.1 Å². The third kappa shape index (κ3) is 4.61. The van der Waals surface area contributed by atoms with Gasteiger partial charge in [0.15, 0.2) is 15.7 Å². The van der Waals surface area contributed by atoms with Crippen LogP contribution in [0.1, 0.15) is 18.3 Å². The minimum Gasteiger partial charge on any atom is -0.457 e. The standard InChI is InChI=1S/C24H20ClF3N2O4S/c1-3-30-21-14-18(34-17-8-11-19(12-9-17)35(2,32)33)10-13-20(21)29-22(30)23(31,24(26,27)28)15-4-6-16(25)7-5-15/h4-14,31H,3H2,1-2H3. The third-order valence-electron chi connectivity index (χ3n) is 5.52. The van der Waals surface area contributed by atoms with Crippen LogP contribution in [0, 0.1) is 0 Å². The molecule has 0 fully saturated rings. The van der Waals surface area contributed by atoms with E-state index in [0.717, 1.165) is 18.4 Å². The molecule has 0 bridgehead atoms. The topological polar surface area (TPSA) is 81.4 Å². The monoisotopic (exact) mass is 524 g/mol. The molecule has 4 rings (SSSR count). The number of nitrogens with zero attached hydrogens (tertiary/aromatic N) is 2. The molecule has 1 unspecified atom stereocenters. The Balaban J connectivity index is 1.80. The fraction of sp³-hybridized carbons (Fsp3) is 0.208. The predicted octanol–water partition coefficient (Wildman–Crippen LogP) is 5.70. The van der Waals surface area contributed by atoms with E-state index in [-0.39, 0.29) is 22.0 Å². The third-order valence-corrected chi connectivity index (χ3v) is 6.90. The van der Waals surface area contributed by atoms with Gasteiger partial charge in [-0.15, -0.1) is 0 Å². The Morgan fingerprint density at radius 3 is 2.14 bits per heavy atom. The number of hydrogen-bond donors (Lipinski definition) is 1. The lowest BCUT2D eigenvalue weighted by molar-refractivity contribution is -0.252. The summed E-state index contributed by atoms with van der Waals surface area (Å²) in [5.41, 5.74) is -3.24. The molecule has 3 aromatic carbocycles. The van der Waals surface area contributed by atoms with Crippen LogP contribution in [0.3, 0.4) is 0 Å². The average Bonchev–Trinajstić information content (AvgIpc) is 3.16. The van der Waals surface area contributed by atoms with Gasteiger partial charge in [0, 0.05) is 29.5 Å². The number of sulfone groups is 1. The van der Waals surface area contributed by atoms with Crippen LogP contribution in [-0.2, 0) is 22.0 Å². The lowest BCUT2D eigenvalue weighted by Crippen LogP contribution is -2.45. The molecule has 1 heterocycles. The summed E-state index contributed by atoms with van der Waals surface area (Å²) in [5.74, 6) is 0.0553. The van der Waals surface area contributed by atoms with E-state index in [9.17, 15) is 26.7 Å². The van der Waals surface area contributed by atoms with E-state index >= 15 is 0 Å². The van der Waals surface area contributed by atoms with Crippen LogP contribution in [0.4, 0.5) is 13.2 Å². The number of alkyl halides is 3. The summed E-state index contributed by atoms with van der Waals surface area (Å²) in [6.07, 6.45) is -3.98. The van der Waals surface area contributed by atoms with Crippen molar-refractivity contribution in [3.63, 3.8) is 0 Å². The van der Waals surface area contributed by atoms with E-state index in [1.54, 1.807) is 6.92 Å². The molecule has 0 aliphatic rings. The molecule has 35 heavy (non-hydrogen) atoms. The smallest absolute Gasteiger partial charge is 0.428 e. The van der Waals surface area contributed by atoms with E-state index in [1.165, 1.54) is 59.2 Å². The molecule has 1 atom stereocenters. The lowest BCUT2D eigenvalue weighted by atomic mass is 9.92. The number of hydrogen-bond acceptors (Lipinski definition) is 5. The molecule has 1 N–H and O–H groups in total. The number of rotatable bonds is 6. The van der Waals surface area contributed by atoms with Crippen molar-refractivity contribution in [2.24, 2.45) is 0 Å². The Bertz CT molecular complexity index is 1480. The van der Waals surface area contributed by atoms with Gasteiger partial charge < -0.3 is 14.4 Å². The molecule has 0 saturated heterocycles. The molecule has 0 aliphatic carbocycles.